The highest BCUT2D eigenvalue weighted by molar-refractivity contribution is 7.89. The summed E-state index contributed by atoms with van der Waals surface area (Å²) in [6.07, 6.45) is 0.0282. The predicted molar refractivity (Wildman–Crippen MR) is 148 cm³/mol. The molecule has 0 N–H and O–H groups in total. The number of ether oxygens (including phenoxy) is 2. The van der Waals surface area contributed by atoms with E-state index >= 15 is 0 Å². The minimum absolute atomic E-state index is 0.0724. The largest absolute Gasteiger partial charge is 0.495 e. The van der Waals surface area contributed by atoms with Crippen LogP contribution in [0.5, 0.6) is 11.5 Å². The van der Waals surface area contributed by atoms with Crippen LogP contribution >= 0.6 is 0 Å². The summed E-state index contributed by atoms with van der Waals surface area (Å²) in [5.41, 5.74) is 1.78. The first-order chi connectivity index (χ1) is 18.3. The fraction of sp³-hybridized carbons (Fsp3) is 0.345. The highest BCUT2D eigenvalue weighted by Gasteiger charge is 2.29. The lowest BCUT2D eigenvalue weighted by atomic mass is 10.2. The van der Waals surface area contributed by atoms with Crippen molar-refractivity contribution < 1.29 is 22.7 Å². The second kappa shape index (κ2) is 12.3. The molecule has 1 aliphatic heterocycles. The molecule has 1 saturated heterocycles. The third-order valence-corrected chi connectivity index (χ3v) is 8.61. The predicted octanol–water partition coefficient (Wildman–Crippen LogP) is 3.67. The van der Waals surface area contributed by atoms with Crippen molar-refractivity contribution in [2.24, 2.45) is 0 Å². The number of hydrogen-bond donors (Lipinski definition) is 0. The number of anilines is 1. The van der Waals surface area contributed by atoms with Crippen LogP contribution in [0.1, 0.15) is 12.5 Å². The lowest BCUT2D eigenvalue weighted by Crippen LogP contribution is -2.52. The number of rotatable bonds is 10. The van der Waals surface area contributed by atoms with Crippen LogP contribution in [-0.4, -0.2) is 76.5 Å². The number of likely N-dealkylation sites (N-methyl/N-ethyl adjacent to an activating group) is 1. The molecule has 0 aliphatic carbocycles. The van der Waals surface area contributed by atoms with E-state index in [4.69, 9.17) is 9.47 Å². The van der Waals surface area contributed by atoms with E-state index in [1.165, 1.54) is 4.31 Å². The lowest BCUT2D eigenvalue weighted by Gasteiger charge is -2.37. The van der Waals surface area contributed by atoms with Crippen LogP contribution in [0, 0.1) is 0 Å². The molecule has 4 rings (SSSR count). The zero-order valence-electron chi connectivity index (χ0n) is 22.1. The topological polar surface area (TPSA) is 79.4 Å². The van der Waals surface area contributed by atoms with Crippen LogP contribution in [0.15, 0.2) is 83.8 Å². The van der Waals surface area contributed by atoms with E-state index in [0.717, 1.165) is 5.56 Å². The monoisotopic (exact) mass is 537 g/mol. The Kier molecular flexibility index (Phi) is 8.91. The van der Waals surface area contributed by atoms with E-state index in [1.807, 2.05) is 60.7 Å². The molecule has 0 spiro atoms. The first-order valence-electron chi connectivity index (χ1n) is 12.7. The standard InChI is InChI=1S/C29H35N3O5S/c1-23(37-25-12-8-5-9-13-25)29(33)32-20-18-31(19-21-32)27-22-26(14-15-28(27)36-3)38(34,35)30(2)17-16-24-10-6-4-7-11-24/h4-15,22-23H,16-21H2,1-3H3/t23-/m1/s1. The Morgan fingerprint density at radius 3 is 2.21 bits per heavy atom. The van der Waals surface area contributed by atoms with E-state index in [2.05, 4.69) is 4.90 Å². The number of carbonyl (C=O) groups excluding carboxylic acids is 1. The Hall–Kier alpha value is -3.56. The summed E-state index contributed by atoms with van der Waals surface area (Å²) in [4.78, 5) is 17.0. The van der Waals surface area contributed by atoms with Crippen molar-refractivity contribution in [3.63, 3.8) is 0 Å². The highest BCUT2D eigenvalue weighted by Crippen LogP contribution is 2.32. The van der Waals surface area contributed by atoms with Crippen LogP contribution in [0.25, 0.3) is 0 Å². The Balaban J connectivity index is 1.42. The summed E-state index contributed by atoms with van der Waals surface area (Å²) in [6, 6.07) is 24.1. The number of sulfonamides is 1. The van der Waals surface area contributed by atoms with Gasteiger partial charge < -0.3 is 19.3 Å². The second-order valence-electron chi connectivity index (χ2n) is 9.28. The van der Waals surface area contributed by atoms with Gasteiger partial charge in [-0.15, -0.1) is 0 Å². The number of piperazine rings is 1. The minimum atomic E-state index is -3.69. The molecule has 1 amide bonds. The molecule has 1 heterocycles. The Morgan fingerprint density at radius 2 is 1.58 bits per heavy atom. The third kappa shape index (κ3) is 6.46. The molecule has 1 atom stereocenters. The number of benzene rings is 3. The van der Waals surface area contributed by atoms with Gasteiger partial charge in [0.15, 0.2) is 6.10 Å². The number of hydrogen-bond acceptors (Lipinski definition) is 6. The normalized spacial score (nSPS) is 14.8. The summed E-state index contributed by atoms with van der Waals surface area (Å²) in [7, 11) is -0.517. The van der Waals surface area contributed by atoms with Crippen molar-refractivity contribution >= 4 is 21.6 Å². The molecule has 1 fully saturated rings. The van der Waals surface area contributed by atoms with Gasteiger partial charge in [-0.05, 0) is 49.2 Å². The maximum atomic E-state index is 13.4. The van der Waals surface area contributed by atoms with Crippen molar-refractivity contribution in [3.05, 3.63) is 84.4 Å². The lowest BCUT2D eigenvalue weighted by molar-refractivity contribution is -0.138. The van der Waals surface area contributed by atoms with E-state index in [9.17, 15) is 13.2 Å². The molecule has 3 aromatic rings. The van der Waals surface area contributed by atoms with E-state index in [0.29, 0.717) is 56.3 Å². The SMILES string of the molecule is COc1ccc(S(=O)(=O)N(C)CCc2ccccc2)cc1N1CCN(C(=O)[C@@H](C)Oc2ccccc2)CC1. The third-order valence-electron chi connectivity index (χ3n) is 6.75. The van der Waals surface area contributed by atoms with Gasteiger partial charge in [-0.2, -0.15) is 0 Å². The number of para-hydroxylation sites is 1. The quantitative estimate of drug-likeness (QED) is 0.393. The average Bonchev–Trinajstić information content (AvgIpc) is 2.96. The van der Waals surface area contributed by atoms with Crippen molar-refractivity contribution in [3.8, 4) is 11.5 Å². The van der Waals surface area contributed by atoms with Gasteiger partial charge >= 0.3 is 0 Å². The molecule has 9 heteroatoms. The number of methoxy groups -OCH3 is 1. The van der Waals surface area contributed by atoms with Crippen molar-refractivity contribution in [2.45, 2.75) is 24.3 Å². The van der Waals surface area contributed by atoms with E-state index < -0.39 is 16.1 Å². The van der Waals surface area contributed by atoms with Crippen LogP contribution in [0.3, 0.4) is 0 Å². The van der Waals surface area contributed by atoms with E-state index in [-0.39, 0.29) is 10.8 Å². The average molecular weight is 538 g/mol. The summed E-state index contributed by atoms with van der Waals surface area (Å²) in [6.45, 7) is 4.23. The van der Waals surface area contributed by atoms with Gasteiger partial charge in [-0.3, -0.25) is 4.79 Å². The molecule has 0 bridgehead atoms. The summed E-state index contributed by atoms with van der Waals surface area (Å²) >= 11 is 0. The van der Waals surface area contributed by atoms with Crippen LogP contribution < -0.4 is 14.4 Å². The fourth-order valence-corrected chi connectivity index (χ4v) is 5.68. The molecule has 0 aromatic heterocycles. The van der Waals surface area contributed by atoms with Crippen LogP contribution in [-0.2, 0) is 21.2 Å². The molecule has 1 aliphatic rings. The van der Waals surface area contributed by atoms with Crippen LogP contribution in [0.2, 0.25) is 0 Å². The van der Waals surface area contributed by atoms with Gasteiger partial charge in [0.1, 0.15) is 11.5 Å². The minimum Gasteiger partial charge on any atom is -0.495 e. The van der Waals surface area contributed by atoms with Crippen molar-refractivity contribution in [1.82, 2.24) is 9.21 Å². The molecule has 202 valence electrons. The Morgan fingerprint density at radius 1 is 0.947 bits per heavy atom. The summed E-state index contributed by atoms with van der Waals surface area (Å²) < 4.78 is 39.5. The van der Waals surface area contributed by atoms with Gasteiger partial charge in [-0.1, -0.05) is 48.5 Å². The number of carbonyl (C=O) groups is 1. The first-order valence-corrected chi connectivity index (χ1v) is 14.2. The molecule has 0 unspecified atom stereocenters. The van der Waals surface area contributed by atoms with Crippen LogP contribution in [0.4, 0.5) is 5.69 Å². The Labute approximate surface area is 225 Å². The molecular weight excluding hydrogens is 502 g/mol. The second-order valence-corrected chi connectivity index (χ2v) is 11.3. The zero-order chi connectivity index (χ0) is 27.1. The Bertz CT molecular complexity index is 1310. The number of amides is 1. The van der Waals surface area contributed by atoms with Gasteiger partial charge in [0, 0.05) is 39.8 Å². The molecular formula is C29H35N3O5S. The van der Waals surface area contributed by atoms with Gasteiger partial charge in [0.25, 0.3) is 5.91 Å². The molecule has 8 nitrogen and oxygen atoms in total. The summed E-state index contributed by atoms with van der Waals surface area (Å²) in [5.74, 6) is 1.18. The maximum absolute atomic E-state index is 13.4. The van der Waals surface area contributed by atoms with Gasteiger partial charge in [-0.25, -0.2) is 12.7 Å². The maximum Gasteiger partial charge on any atom is 0.263 e. The smallest absolute Gasteiger partial charge is 0.263 e. The van der Waals surface area contributed by atoms with Gasteiger partial charge in [0.05, 0.1) is 17.7 Å². The summed E-state index contributed by atoms with van der Waals surface area (Å²) in [5, 5.41) is 0. The zero-order valence-corrected chi connectivity index (χ0v) is 22.9. The number of nitrogens with zero attached hydrogens (tertiary/aromatic N) is 3. The molecule has 3 aromatic carbocycles. The fourth-order valence-electron chi connectivity index (χ4n) is 4.49. The van der Waals surface area contributed by atoms with E-state index in [1.54, 1.807) is 44.2 Å². The highest BCUT2D eigenvalue weighted by atomic mass is 32.2. The van der Waals surface area contributed by atoms with Crippen molar-refractivity contribution in [2.75, 3.05) is 51.8 Å². The van der Waals surface area contributed by atoms with Gasteiger partial charge in [0.2, 0.25) is 10.0 Å². The first kappa shape index (κ1) is 27.5. The molecule has 38 heavy (non-hydrogen) atoms. The molecule has 0 saturated carbocycles. The molecule has 0 radical (unpaired) electrons. The van der Waals surface area contributed by atoms with Crippen molar-refractivity contribution in [1.29, 1.82) is 0 Å².